The summed E-state index contributed by atoms with van der Waals surface area (Å²) in [6.45, 7) is 2.94. The topological polar surface area (TPSA) is 110 Å². The van der Waals surface area contributed by atoms with E-state index in [2.05, 4.69) is 10.4 Å². The van der Waals surface area contributed by atoms with Crippen molar-refractivity contribution in [2.24, 2.45) is 12.8 Å². The molecule has 0 radical (unpaired) electrons. The van der Waals surface area contributed by atoms with E-state index < -0.39 is 16.1 Å². The Morgan fingerprint density at radius 1 is 1.57 bits per heavy atom. The number of sulfonamides is 1. The minimum absolute atomic E-state index is 0.301. The van der Waals surface area contributed by atoms with Gasteiger partial charge in [0.05, 0.1) is 12.5 Å². The molecule has 0 bridgehead atoms. The summed E-state index contributed by atoms with van der Waals surface area (Å²) >= 11 is 0. The van der Waals surface area contributed by atoms with Gasteiger partial charge in [0.1, 0.15) is 6.04 Å². The molecule has 0 aliphatic rings. The highest BCUT2D eigenvalue weighted by molar-refractivity contribution is 7.88. The third-order valence-corrected chi connectivity index (χ3v) is 4.45. The minimum Gasteiger partial charge on any atom is -0.354 e. The maximum Gasteiger partial charge on any atom is 0.241 e. The van der Waals surface area contributed by atoms with Crippen LogP contribution in [-0.4, -0.2) is 54.3 Å². The van der Waals surface area contributed by atoms with E-state index in [0.29, 0.717) is 31.6 Å². The molecular formula is C12H23N5O3S. The molecule has 1 amide bonds. The molecule has 0 fully saturated rings. The number of nitrogens with two attached hydrogens (primary N) is 1. The van der Waals surface area contributed by atoms with E-state index in [1.54, 1.807) is 31.0 Å². The van der Waals surface area contributed by atoms with E-state index >= 15 is 0 Å². The molecule has 1 aromatic heterocycles. The molecule has 0 saturated carbocycles. The Morgan fingerprint density at radius 3 is 2.71 bits per heavy atom. The average molecular weight is 317 g/mol. The predicted molar refractivity (Wildman–Crippen MR) is 79.9 cm³/mol. The van der Waals surface area contributed by atoms with Gasteiger partial charge in [-0.25, -0.2) is 12.7 Å². The standard InChI is InChI=1S/C12H23N5O3S/c1-4-17(21(3,19)20)7-5-6-14-12(18)11(13)10-8-15-16(2)9-10/h8-9,11H,4-7,13H2,1-3H3,(H,14,18). The molecular weight excluding hydrogens is 294 g/mol. The summed E-state index contributed by atoms with van der Waals surface area (Å²) < 4.78 is 25.7. The largest absolute Gasteiger partial charge is 0.354 e. The summed E-state index contributed by atoms with van der Waals surface area (Å²) in [6.07, 6.45) is 4.94. The van der Waals surface area contributed by atoms with Crippen LogP contribution in [0.1, 0.15) is 24.9 Å². The van der Waals surface area contributed by atoms with Crippen LogP contribution < -0.4 is 11.1 Å². The number of hydrogen-bond donors (Lipinski definition) is 2. The highest BCUT2D eigenvalue weighted by atomic mass is 32.2. The molecule has 0 saturated heterocycles. The summed E-state index contributed by atoms with van der Waals surface area (Å²) in [5, 5.41) is 6.66. The first-order valence-electron chi connectivity index (χ1n) is 6.72. The molecule has 1 rings (SSSR count). The van der Waals surface area contributed by atoms with Crippen LogP contribution in [0, 0.1) is 0 Å². The summed E-state index contributed by atoms with van der Waals surface area (Å²) in [4.78, 5) is 11.9. The van der Waals surface area contributed by atoms with Crippen LogP contribution >= 0.6 is 0 Å². The predicted octanol–water partition coefficient (Wildman–Crippen LogP) is -0.792. The van der Waals surface area contributed by atoms with Crippen molar-refractivity contribution in [1.29, 1.82) is 0 Å². The van der Waals surface area contributed by atoms with Crippen molar-refractivity contribution in [2.45, 2.75) is 19.4 Å². The van der Waals surface area contributed by atoms with Gasteiger partial charge in [-0.1, -0.05) is 6.92 Å². The maximum absolute atomic E-state index is 11.9. The van der Waals surface area contributed by atoms with E-state index in [9.17, 15) is 13.2 Å². The fourth-order valence-electron chi connectivity index (χ4n) is 1.89. The lowest BCUT2D eigenvalue weighted by atomic mass is 10.1. The van der Waals surface area contributed by atoms with Crippen LogP contribution in [-0.2, 0) is 21.9 Å². The summed E-state index contributed by atoms with van der Waals surface area (Å²) in [7, 11) is -1.44. The van der Waals surface area contributed by atoms with Gasteiger partial charge in [0.25, 0.3) is 0 Å². The zero-order chi connectivity index (χ0) is 16.0. The summed E-state index contributed by atoms with van der Waals surface area (Å²) in [5.41, 5.74) is 6.46. The lowest BCUT2D eigenvalue weighted by molar-refractivity contribution is -0.122. The molecule has 0 aliphatic heterocycles. The van der Waals surface area contributed by atoms with E-state index in [1.165, 1.54) is 10.6 Å². The number of carbonyl (C=O) groups is 1. The molecule has 0 aromatic carbocycles. The van der Waals surface area contributed by atoms with Gasteiger partial charge in [-0.15, -0.1) is 0 Å². The van der Waals surface area contributed by atoms with Gasteiger partial charge in [0.15, 0.2) is 0 Å². The number of nitrogens with zero attached hydrogens (tertiary/aromatic N) is 3. The first kappa shape index (κ1) is 17.6. The molecule has 8 nitrogen and oxygen atoms in total. The van der Waals surface area contributed by atoms with Crippen molar-refractivity contribution in [2.75, 3.05) is 25.9 Å². The van der Waals surface area contributed by atoms with Crippen molar-refractivity contribution < 1.29 is 13.2 Å². The van der Waals surface area contributed by atoms with Crippen molar-refractivity contribution >= 4 is 15.9 Å². The van der Waals surface area contributed by atoms with Gasteiger partial charge in [-0.2, -0.15) is 5.10 Å². The lowest BCUT2D eigenvalue weighted by Crippen LogP contribution is -2.37. The quantitative estimate of drug-likeness (QED) is 0.610. The molecule has 1 heterocycles. The van der Waals surface area contributed by atoms with Crippen molar-refractivity contribution in [1.82, 2.24) is 19.4 Å². The van der Waals surface area contributed by atoms with Crippen LogP contribution in [0.2, 0.25) is 0 Å². The Labute approximate surface area is 125 Å². The smallest absolute Gasteiger partial charge is 0.241 e. The van der Waals surface area contributed by atoms with Gasteiger partial charge < -0.3 is 11.1 Å². The fraction of sp³-hybridized carbons (Fsp3) is 0.667. The Morgan fingerprint density at radius 2 is 2.24 bits per heavy atom. The third-order valence-electron chi connectivity index (χ3n) is 3.07. The third kappa shape index (κ3) is 5.44. The van der Waals surface area contributed by atoms with Gasteiger partial charge in [0, 0.05) is 38.4 Å². The van der Waals surface area contributed by atoms with Crippen LogP contribution in [0.3, 0.4) is 0 Å². The molecule has 120 valence electrons. The molecule has 0 aliphatic carbocycles. The monoisotopic (exact) mass is 317 g/mol. The van der Waals surface area contributed by atoms with Gasteiger partial charge >= 0.3 is 0 Å². The number of rotatable bonds is 8. The van der Waals surface area contributed by atoms with E-state index in [0.717, 1.165) is 0 Å². The first-order chi connectivity index (χ1) is 9.75. The second-order valence-electron chi connectivity index (χ2n) is 4.82. The van der Waals surface area contributed by atoms with Crippen molar-refractivity contribution in [3.63, 3.8) is 0 Å². The second kappa shape index (κ2) is 7.53. The average Bonchev–Trinajstić information content (AvgIpc) is 2.82. The molecule has 1 aromatic rings. The number of nitrogens with one attached hydrogen (secondary N) is 1. The highest BCUT2D eigenvalue weighted by Crippen LogP contribution is 2.08. The summed E-state index contributed by atoms with van der Waals surface area (Å²) in [5.74, 6) is -0.301. The highest BCUT2D eigenvalue weighted by Gasteiger charge is 2.17. The zero-order valence-corrected chi connectivity index (χ0v) is 13.4. The van der Waals surface area contributed by atoms with E-state index in [1.807, 2.05) is 0 Å². The molecule has 9 heteroatoms. The van der Waals surface area contributed by atoms with Gasteiger partial charge in [-0.05, 0) is 6.42 Å². The van der Waals surface area contributed by atoms with Crippen LogP contribution in [0.4, 0.5) is 0 Å². The molecule has 21 heavy (non-hydrogen) atoms. The van der Waals surface area contributed by atoms with E-state index in [-0.39, 0.29) is 5.91 Å². The Kier molecular flexibility index (Phi) is 6.31. The number of hydrogen-bond acceptors (Lipinski definition) is 5. The minimum atomic E-state index is -3.19. The second-order valence-corrected chi connectivity index (χ2v) is 6.81. The van der Waals surface area contributed by atoms with Gasteiger partial charge in [0.2, 0.25) is 15.9 Å². The Hall–Kier alpha value is -1.45. The van der Waals surface area contributed by atoms with Gasteiger partial charge in [-0.3, -0.25) is 9.48 Å². The van der Waals surface area contributed by atoms with Crippen molar-refractivity contribution in [3.8, 4) is 0 Å². The summed E-state index contributed by atoms with van der Waals surface area (Å²) in [6, 6.07) is -0.768. The molecule has 3 N–H and O–H groups in total. The Bertz CT molecular complexity index is 569. The lowest BCUT2D eigenvalue weighted by Gasteiger charge is -2.18. The van der Waals surface area contributed by atoms with E-state index in [4.69, 9.17) is 5.73 Å². The number of amides is 1. The zero-order valence-electron chi connectivity index (χ0n) is 12.6. The molecule has 1 atom stereocenters. The molecule has 1 unspecified atom stereocenters. The Balaban J connectivity index is 2.37. The normalized spacial score (nSPS) is 13.4. The fourth-order valence-corrected chi connectivity index (χ4v) is 2.82. The molecule has 0 spiro atoms. The van der Waals surface area contributed by atoms with Crippen molar-refractivity contribution in [3.05, 3.63) is 18.0 Å². The maximum atomic E-state index is 11.9. The van der Waals surface area contributed by atoms with Crippen LogP contribution in [0.5, 0.6) is 0 Å². The van der Waals surface area contributed by atoms with Crippen LogP contribution in [0.25, 0.3) is 0 Å². The first-order valence-corrected chi connectivity index (χ1v) is 8.57. The number of carbonyl (C=O) groups excluding carboxylic acids is 1. The van der Waals surface area contributed by atoms with Crippen LogP contribution in [0.15, 0.2) is 12.4 Å². The number of aromatic nitrogens is 2. The SMILES string of the molecule is CCN(CCCNC(=O)C(N)c1cnn(C)c1)S(C)(=O)=O. The number of aryl methyl sites for hydroxylation is 1.